The maximum absolute atomic E-state index is 12.9. The van der Waals surface area contributed by atoms with E-state index in [2.05, 4.69) is 39.7 Å². The molecule has 0 aliphatic carbocycles. The van der Waals surface area contributed by atoms with E-state index in [1.54, 1.807) is 11.3 Å². The summed E-state index contributed by atoms with van der Waals surface area (Å²) < 4.78 is 0. The number of para-hydroxylation sites is 1. The van der Waals surface area contributed by atoms with Gasteiger partial charge in [-0.2, -0.15) is 0 Å². The third kappa shape index (κ3) is 4.09. The van der Waals surface area contributed by atoms with Crippen LogP contribution < -0.4 is 5.32 Å². The third-order valence-corrected chi connectivity index (χ3v) is 6.21. The molecule has 0 bridgehead atoms. The van der Waals surface area contributed by atoms with Crippen LogP contribution in [0.1, 0.15) is 16.1 Å². The zero-order chi connectivity index (χ0) is 19.5. The second kappa shape index (κ2) is 8.39. The van der Waals surface area contributed by atoms with Crippen molar-refractivity contribution in [3.63, 3.8) is 0 Å². The fourth-order valence-electron chi connectivity index (χ4n) is 3.69. The summed E-state index contributed by atoms with van der Waals surface area (Å²) in [6.45, 7) is 7.81. The van der Waals surface area contributed by atoms with E-state index >= 15 is 0 Å². The van der Waals surface area contributed by atoms with Crippen LogP contribution in [0.15, 0.2) is 41.8 Å². The molecule has 0 unspecified atom stereocenters. The molecular formula is C22H26N4OS. The smallest absolute Gasteiger partial charge is 0.252 e. The van der Waals surface area contributed by atoms with Gasteiger partial charge in [0.1, 0.15) is 0 Å². The molecule has 0 saturated carbocycles. The zero-order valence-electron chi connectivity index (χ0n) is 16.4. The highest BCUT2D eigenvalue weighted by Gasteiger charge is 2.16. The van der Waals surface area contributed by atoms with E-state index in [1.807, 2.05) is 31.2 Å². The first-order valence-electron chi connectivity index (χ1n) is 9.75. The number of pyridine rings is 1. The van der Waals surface area contributed by atoms with Gasteiger partial charge < -0.3 is 10.2 Å². The Labute approximate surface area is 170 Å². The number of benzene rings is 1. The molecule has 3 aromatic rings. The normalized spacial score (nSPS) is 15.8. The van der Waals surface area contributed by atoms with Gasteiger partial charge in [0.05, 0.1) is 11.1 Å². The van der Waals surface area contributed by atoms with Gasteiger partial charge in [0.25, 0.3) is 5.91 Å². The number of likely N-dealkylation sites (N-methyl/N-ethyl adjacent to an activating group) is 1. The van der Waals surface area contributed by atoms with Crippen molar-refractivity contribution in [1.29, 1.82) is 0 Å². The predicted octanol–water partition coefficient (Wildman–Crippen LogP) is 3.25. The number of hydrogen-bond acceptors (Lipinski definition) is 5. The van der Waals surface area contributed by atoms with Crippen LogP contribution >= 0.6 is 11.3 Å². The topological polar surface area (TPSA) is 48.5 Å². The number of aryl methyl sites for hydroxylation is 1. The summed E-state index contributed by atoms with van der Waals surface area (Å²) in [6, 6.07) is 12.1. The van der Waals surface area contributed by atoms with Crippen molar-refractivity contribution in [2.45, 2.75) is 6.92 Å². The third-order valence-electron chi connectivity index (χ3n) is 5.31. The van der Waals surface area contributed by atoms with E-state index in [0.717, 1.165) is 54.9 Å². The molecule has 1 saturated heterocycles. The minimum absolute atomic E-state index is 0.0204. The van der Waals surface area contributed by atoms with Gasteiger partial charge in [0.2, 0.25) is 0 Å². The van der Waals surface area contributed by atoms with Crippen LogP contribution in [-0.4, -0.2) is 67.0 Å². The summed E-state index contributed by atoms with van der Waals surface area (Å²) in [7, 11) is 2.15. The number of thiophene rings is 1. The molecule has 2 aromatic heterocycles. The molecular weight excluding hydrogens is 368 g/mol. The summed E-state index contributed by atoms with van der Waals surface area (Å²) in [5.41, 5.74) is 3.55. The molecule has 1 N–H and O–H groups in total. The number of rotatable bonds is 5. The Morgan fingerprint density at radius 3 is 2.75 bits per heavy atom. The number of carbonyl (C=O) groups is 1. The van der Waals surface area contributed by atoms with Gasteiger partial charge in [-0.05, 0) is 31.5 Å². The van der Waals surface area contributed by atoms with Gasteiger partial charge in [0, 0.05) is 60.8 Å². The molecule has 1 aromatic carbocycles. The minimum atomic E-state index is -0.0204. The van der Waals surface area contributed by atoms with Gasteiger partial charge in [0.15, 0.2) is 0 Å². The summed E-state index contributed by atoms with van der Waals surface area (Å²) >= 11 is 1.69. The number of aromatic nitrogens is 1. The first kappa shape index (κ1) is 19.1. The summed E-state index contributed by atoms with van der Waals surface area (Å²) in [6.07, 6.45) is 0. The number of piperazine rings is 1. The summed E-state index contributed by atoms with van der Waals surface area (Å²) in [5, 5.41) is 6.09. The molecule has 3 heterocycles. The highest BCUT2D eigenvalue weighted by molar-refractivity contribution is 7.13. The van der Waals surface area contributed by atoms with E-state index in [1.165, 1.54) is 4.88 Å². The van der Waals surface area contributed by atoms with E-state index in [-0.39, 0.29) is 5.91 Å². The average molecular weight is 395 g/mol. The molecule has 0 spiro atoms. The molecule has 1 aliphatic heterocycles. The number of nitrogens with zero attached hydrogens (tertiary/aromatic N) is 3. The van der Waals surface area contributed by atoms with Crippen molar-refractivity contribution >= 4 is 28.1 Å². The molecule has 0 atom stereocenters. The molecule has 5 nitrogen and oxygen atoms in total. The van der Waals surface area contributed by atoms with Crippen molar-refractivity contribution in [1.82, 2.24) is 20.1 Å². The Kier molecular flexibility index (Phi) is 5.71. The largest absolute Gasteiger partial charge is 0.351 e. The van der Waals surface area contributed by atoms with Crippen LogP contribution in [0.4, 0.5) is 0 Å². The van der Waals surface area contributed by atoms with Crippen molar-refractivity contribution in [2.75, 3.05) is 46.3 Å². The molecule has 1 amide bonds. The predicted molar refractivity (Wildman–Crippen MR) is 116 cm³/mol. The van der Waals surface area contributed by atoms with Crippen LogP contribution in [0.25, 0.3) is 21.3 Å². The van der Waals surface area contributed by atoms with Crippen LogP contribution in [0, 0.1) is 6.92 Å². The van der Waals surface area contributed by atoms with Crippen molar-refractivity contribution in [3.8, 4) is 10.4 Å². The van der Waals surface area contributed by atoms with E-state index in [0.29, 0.717) is 12.1 Å². The van der Waals surface area contributed by atoms with Gasteiger partial charge >= 0.3 is 0 Å². The Hall–Kier alpha value is -2.28. The monoisotopic (exact) mass is 394 g/mol. The fourth-order valence-corrected chi connectivity index (χ4v) is 4.44. The molecule has 28 heavy (non-hydrogen) atoms. The lowest BCUT2D eigenvalue weighted by Gasteiger charge is -2.32. The fraction of sp³-hybridized carbons (Fsp3) is 0.364. The average Bonchev–Trinajstić information content (AvgIpc) is 3.23. The molecule has 1 aliphatic rings. The number of carbonyl (C=O) groups excluding carboxylic acids is 1. The Bertz CT molecular complexity index is 962. The summed E-state index contributed by atoms with van der Waals surface area (Å²) in [4.78, 5) is 23.6. The Morgan fingerprint density at radius 2 is 2.00 bits per heavy atom. The van der Waals surface area contributed by atoms with Crippen LogP contribution in [0.2, 0.25) is 0 Å². The van der Waals surface area contributed by atoms with E-state index in [9.17, 15) is 4.79 Å². The molecule has 0 radical (unpaired) electrons. The molecule has 4 rings (SSSR count). The first-order valence-corrected chi connectivity index (χ1v) is 10.6. The van der Waals surface area contributed by atoms with Gasteiger partial charge in [-0.15, -0.1) is 11.3 Å². The second-order valence-corrected chi connectivity index (χ2v) is 8.34. The quantitative estimate of drug-likeness (QED) is 0.722. The number of fused-ring (bicyclic) bond motifs is 1. The molecule has 6 heteroatoms. The standard InChI is InChI=1S/C22H26N4OS/c1-16-15-19(22(27)23-8-9-26-12-10-25(2)11-13-26)17-5-3-6-18(21(17)24-16)20-7-4-14-28-20/h3-7,14-15H,8-13H2,1-2H3,(H,23,27). The highest BCUT2D eigenvalue weighted by Crippen LogP contribution is 2.32. The van der Waals surface area contributed by atoms with Crippen molar-refractivity contribution < 1.29 is 4.79 Å². The number of hydrogen-bond donors (Lipinski definition) is 1. The van der Waals surface area contributed by atoms with Crippen molar-refractivity contribution in [2.24, 2.45) is 0 Å². The maximum Gasteiger partial charge on any atom is 0.252 e. The number of amides is 1. The lowest BCUT2D eigenvalue weighted by atomic mass is 10.0. The van der Waals surface area contributed by atoms with Gasteiger partial charge in [-0.1, -0.05) is 24.3 Å². The Morgan fingerprint density at radius 1 is 1.18 bits per heavy atom. The zero-order valence-corrected chi connectivity index (χ0v) is 17.3. The van der Waals surface area contributed by atoms with Gasteiger partial charge in [-0.25, -0.2) is 0 Å². The lowest BCUT2D eigenvalue weighted by Crippen LogP contribution is -2.46. The van der Waals surface area contributed by atoms with Crippen molar-refractivity contribution in [3.05, 3.63) is 53.0 Å². The second-order valence-electron chi connectivity index (χ2n) is 7.39. The van der Waals surface area contributed by atoms with Crippen LogP contribution in [-0.2, 0) is 0 Å². The Balaban J connectivity index is 1.53. The van der Waals surface area contributed by atoms with E-state index < -0.39 is 0 Å². The van der Waals surface area contributed by atoms with Gasteiger partial charge in [-0.3, -0.25) is 14.7 Å². The number of nitrogens with one attached hydrogen (secondary N) is 1. The highest BCUT2D eigenvalue weighted by atomic mass is 32.1. The maximum atomic E-state index is 12.9. The first-order chi connectivity index (χ1) is 13.6. The SMILES string of the molecule is Cc1cc(C(=O)NCCN2CCN(C)CC2)c2cccc(-c3cccs3)c2n1. The molecule has 1 fully saturated rings. The van der Waals surface area contributed by atoms with Crippen LogP contribution in [0.5, 0.6) is 0 Å². The summed E-state index contributed by atoms with van der Waals surface area (Å²) in [5.74, 6) is -0.0204. The molecule has 146 valence electrons. The van der Waals surface area contributed by atoms with E-state index in [4.69, 9.17) is 4.98 Å². The van der Waals surface area contributed by atoms with Crippen LogP contribution in [0.3, 0.4) is 0 Å². The minimum Gasteiger partial charge on any atom is -0.351 e. The lowest BCUT2D eigenvalue weighted by molar-refractivity contribution is 0.0942.